The Morgan fingerprint density at radius 2 is 1.04 bits per heavy atom. The molecule has 0 bridgehead atoms. The van der Waals surface area contributed by atoms with E-state index in [0.717, 1.165) is 20.1 Å². The van der Waals surface area contributed by atoms with E-state index in [2.05, 4.69) is 41.8 Å². The molecule has 2 N–H and O–H groups in total. The van der Waals surface area contributed by atoms with Crippen molar-refractivity contribution in [1.82, 2.24) is 9.97 Å². The van der Waals surface area contributed by atoms with Gasteiger partial charge in [-0.2, -0.15) is 0 Å². The van der Waals surface area contributed by atoms with Crippen LogP contribution in [0, 0.1) is 0 Å². The fraction of sp³-hybridized carbons (Fsp3) is 0. The Hall–Kier alpha value is -2.18. The van der Waals surface area contributed by atoms with Crippen LogP contribution in [0.4, 0.5) is 0 Å². The predicted octanol–water partition coefficient (Wildman–Crippen LogP) is 2.25. The summed E-state index contributed by atoms with van der Waals surface area (Å²) in [5, 5.41) is 0.410. The molecule has 0 aliphatic carbocycles. The van der Waals surface area contributed by atoms with Crippen molar-refractivity contribution in [1.29, 1.82) is 0 Å². The summed E-state index contributed by atoms with van der Waals surface area (Å²) in [6, 6.07) is 14.9. The monoisotopic (exact) mass is 446 g/mol. The van der Waals surface area contributed by atoms with Crippen LogP contribution in [-0.4, -0.2) is 9.97 Å². The number of benzene rings is 2. The highest BCUT2D eigenvalue weighted by Gasteiger charge is 2.00. The van der Waals surface area contributed by atoms with Gasteiger partial charge in [-0.25, -0.2) is 0 Å². The van der Waals surface area contributed by atoms with E-state index in [9.17, 15) is 9.59 Å². The zero-order valence-electron chi connectivity index (χ0n) is 12.3. The minimum Gasteiger partial charge on any atom is -0.316 e. The largest absolute Gasteiger partial charge is 0.316 e. The Bertz CT molecular complexity index is 1040. The summed E-state index contributed by atoms with van der Waals surface area (Å²) in [7, 11) is 0. The van der Waals surface area contributed by atoms with Gasteiger partial charge in [-0.3, -0.25) is 9.59 Å². The van der Waals surface area contributed by atoms with Gasteiger partial charge in [0.15, 0.2) is 0 Å². The lowest BCUT2D eigenvalue weighted by Gasteiger charge is -1.98. The number of hydrogen-bond acceptors (Lipinski definition) is 2. The molecule has 3 rings (SSSR count). The SMILES string of the molecule is O=c1[nH]/c(=C/c2ccccc2Br)c(=O)[nH]/c1=C/c1ccccc1Br. The zero-order chi connectivity index (χ0) is 17.1. The maximum Gasteiger partial charge on any atom is 0.272 e. The van der Waals surface area contributed by atoms with E-state index in [0.29, 0.717) is 0 Å². The number of aromatic amines is 2. The van der Waals surface area contributed by atoms with Crippen molar-refractivity contribution in [2.45, 2.75) is 0 Å². The van der Waals surface area contributed by atoms with Crippen LogP contribution in [0.5, 0.6) is 0 Å². The van der Waals surface area contributed by atoms with Gasteiger partial charge in [-0.05, 0) is 35.4 Å². The van der Waals surface area contributed by atoms with Crippen LogP contribution in [-0.2, 0) is 0 Å². The molecule has 1 aromatic heterocycles. The number of H-pyrrole nitrogens is 2. The molecule has 0 amide bonds. The quantitative estimate of drug-likeness (QED) is 0.632. The standard InChI is InChI=1S/C18H12Br2N2O2/c19-13-7-3-1-5-11(13)9-15-17(23)22-16(18(24)21-15)10-12-6-2-4-8-14(12)20/h1-10H,(H,21,24)(H,22,23)/b15-9+,16-10+. The molecule has 6 heteroatoms. The van der Waals surface area contributed by atoms with Crippen LogP contribution >= 0.6 is 31.9 Å². The summed E-state index contributed by atoms with van der Waals surface area (Å²) in [4.78, 5) is 29.8. The lowest BCUT2D eigenvalue weighted by Crippen LogP contribution is -2.46. The molecule has 3 aromatic rings. The maximum atomic E-state index is 12.3. The highest BCUT2D eigenvalue weighted by molar-refractivity contribution is 9.10. The first kappa shape index (κ1) is 16.7. The second-order valence-corrected chi connectivity index (χ2v) is 6.78. The molecule has 0 aliphatic heterocycles. The molecule has 0 atom stereocenters. The molecule has 0 aliphatic rings. The van der Waals surface area contributed by atoms with Crippen molar-refractivity contribution >= 4 is 44.0 Å². The molecule has 24 heavy (non-hydrogen) atoms. The second kappa shape index (κ2) is 7.15. The summed E-state index contributed by atoms with van der Waals surface area (Å²) < 4.78 is 1.68. The van der Waals surface area contributed by atoms with Crippen molar-refractivity contribution in [3.05, 3.63) is 100 Å². The Morgan fingerprint density at radius 1 is 0.667 bits per heavy atom. The fourth-order valence-corrected chi connectivity index (χ4v) is 2.99. The lowest BCUT2D eigenvalue weighted by molar-refractivity contribution is 1.00. The molecule has 0 saturated carbocycles. The predicted molar refractivity (Wildman–Crippen MR) is 102 cm³/mol. The molecule has 0 fully saturated rings. The number of halogens is 2. The van der Waals surface area contributed by atoms with Gasteiger partial charge in [0.2, 0.25) is 0 Å². The van der Waals surface area contributed by atoms with E-state index in [1.165, 1.54) is 0 Å². The molecule has 4 nitrogen and oxygen atoms in total. The van der Waals surface area contributed by atoms with Crippen LogP contribution in [0.3, 0.4) is 0 Å². The van der Waals surface area contributed by atoms with E-state index in [1.54, 1.807) is 12.2 Å². The smallest absolute Gasteiger partial charge is 0.272 e. The molecule has 1 heterocycles. The molecule has 0 unspecified atom stereocenters. The third-order valence-electron chi connectivity index (χ3n) is 3.40. The topological polar surface area (TPSA) is 65.7 Å². The summed E-state index contributed by atoms with van der Waals surface area (Å²) in [6.07, 6.45) is 3.26. The first-order valence-corrected chi connectivity index (χ1v) is 8.68. The van der Waals surface area contributed by atoms with Gasteiger partial charge in [0.1, 0.15) is 10.7 Å². The van der Waals surface area contributed by atoms with Gasteiger partial charge in [0.25, 0.3) is 11.1 Å². The Kier molecular flexibility index (Phi) is 4.97. The highest BCUT2D eigenvalue weighted by atomic mass is 79.9. The Labute approximate surface area is 153 Å². The van der Waals surface area contributed by atoms with Crippen LogP contribution < -0.4 is 21.8 Å². The second-order valence-electron chi connectivity index (χ2n) is 5.07. The van der Waals surface area contributed by atoms with Gasteiger partial charge in [-0.1, -0.05) is 68.3 Å². The van der Waals surface area contributed by atoms with Crippen LogP contribution in [0.15, 0.2) is 67.1 Å². The third-order valence-corrected chi connectivity index (χ3v) is 4.84. The summed E-state index contributed by atoms with van der Waals surface area (Å²) in [5.41, 5.74) is 0.898. The van der Waals surface area contributed by atoms with Crippen LogP contribution in [0.2, 0.25) is 0 Å². The number of aromatic nitrogens is 2. The molecule has 0 spiro atoms. The van der Waals surface area contributed by atoms with Crippen LogP contribution in [0.25, 0.3) is 12.2 Å². The number of nitrogens with one attached hydrogen (secondary N) is 2. The van der Waals surface area contributed by atoms with E-state index < -0.39 is 0 Å². The van der Waals surface area contributed by atoms with Crippen LogP contribution in [0.1, 0.15) is 11.1 Å². The summed E-state index contributed by atoms with van der Waals surface area (Å²) in [6.45, 7) is 0. The molecular formula is C18H12Br2N2O2. The van der Waals surface area contributed by atoms with E-state index in [4.69, 9.17) is 0 Å². The van der Waals surface area contributed by atoms with Crippen molar-refractivity contribution < 1.29 is 0 Å². The van der Waals surface area contributed by atoms with E-state index >= 15 is 0 Å². The Morgan fingerprint density at radius 3 is 1.42 bits per heavy atom. The third kappa shape index (κ3) is 3.66. The van der Waals surface area contributed by atoms with E-state index in [1.807, 2.05) is 48.5 Å². The minimum atomic E-state index is -0.358. The van der Waals surface area contributed by atoms with Crippen molar-refractivity contribution in [2.75, 3.05) is 0 Å². The fourth-order valence-electron chi connectivity index (χ4n) is 2.19. The first-order chi connectivity index (χ1) is 11.5. The minimum absolute atomic E-state index is 0.205. The molecule has 0 radical (unpaired) electrons. The van der Waals surface area contributed by atoms with Crippen molar-refractivity contribution in [3.8, 4) is 0 Å². The lowest BCUT2D eigenvalue weighted by atomic mass is 10.2. The molecule has 0 saturated heterocycles. The molecule has 2 aromatic carbocycles. The normalized spacial score (nSPS) is 12.6. The number of rotatable bonds is 2. The van der Waals surface area contributed by atoms with Gasteiger partial charge in [0.05, 0.1) is 0 Å². The molecule has 120 valence electrons. The first-order valence-electron chi connectivity index (χ1n) is 7.10. The van der Waals surface area contributed by atoms with Crippen molar-refractivity contribution in [3.63, 3.8) is 0 Å². The molecular weight excluding hydrogens is 436 g/mol. The van der Waals surface area contributed by atoms with Gasteiger partial charge >= 0.3 is 0 Å². The average molecular weight is 448 g/mol. The zero-order valence-corrected chi connectivity index (χ0v) is 15.5. The van der Waals surface area contributed by atoms with E-state index in [-0.39, 0.29) is 21.8 Å². The summed E-state index contributed by atoms with van der Waals surface area (Å²) >= 11 is 6.83. The average Bonchev–Trinajstić information content (AvgIpc) is 2.56. The number of hydrogen-bond donors (Lipinski definition) is 2. The maximum absolute atomic E-state index is 12.3. The highest BCUT2D eigenvalue weighted by Crippen LogP contribution is 2.16. The van der Waals surface area contributed by atoms with Gasteiger partial charge < -0.3 is 9.97 Å². The van der Waals surface area contributed by atoms with Crippen molar-refractivity contribution in [2.24, 2.45) is 0 Å². The Balaban J connectivity index is 2.18. The van der Waals surface area contributed by atoms with Gasteiger partial charge in [-0.15, -0.1) is 0 Å². The van der Waals surface area contributed by atoms with Gasteiger partial charge in [0, 0.05) is 8.95 Å². The summed E-state index contributed by atoms with van der Waals surface area (Å²) in [5.74, 6) is 0.